The fourth-order valence-corrected chi connectivity index (χ4v) is 6.09. The lowest BCUT2D eigenvalue weighted by molar-refractivity contribution is -0.00701. The van der Waals surface area contributed by atoms with Gasteiger partial charge in [-0.2, -0.15) is 0 Å². The molecule has 0 atom stereocenters. The monoisotopic (exact) mass is 292 g/mol. The van der Waals surface area contributed by atoms with Gasteiger partial charge in [0.1, 0.15) is 0 Å². The molecule has 4 bridgehead atoms. The molecule has 5 aliphatic rings. The van der Waals surface area contributed by atoms with E-state index in [2.05, 4.69) is 10.6 Å². The molecule has 0 saturated heterocycles. The van der Waals surface area contributed by atoms with E-state index in [0.717, 1.165) is 28.8 Å². The van der Waals surface area contributed by atoms with Crippen LogP contribution in [0.1, 0.15) is 64.2 Å². The van der Waals surface area contributed by atoms with Crippen LogP contribution in [0, 0.1) is 23.7 Å². The van der Waals surface area contributed by atoms with Crippen molar-refractivity contribution in [3.05, 3.63) is 0 Å². The van der Waals surface area contributed by atoms with Crippen LogP contribution in [0.15, 0.2) is 0 Å². The number of hydrogen-bond acceptors (Lipinski definition) is 1. The van der Waals surface area contributed by atoms with Gasteiger partial charge in [-0.05, 0) is 80.8 Å². The molecule has 20 heavy (non-hydrogen) atoms. The van der Waals surface area contributed by atoms with Crippen molar-refractivity contribution in [2.75, 3.05) is 0 Å². The summed E-state index contributed by atoms with van der Waals surface area (Å²) >= 11 is 5.61. The highest BCUT2D eigenvalue weighted by Crippen LogP contribution is 2.53. The van der Waals surface area contributed by atoms with Gasteiger partial charge in [0.05, 0.1) is 0 Å². The van der Waals surface area contributed by atoms with Gasteiger partial charge in [0, 0.05) is 12.1 Å². The van der Waals surface area contributed by atoms with E-state index in [1.165, 1.54) is 64.2 Å². The Bertz CT molecular complexity index is 347. The summed E-state index contributed by atoms with van der Waals surface area (Å²) in [5.41, 5.74) is 0. The zero-order chi connectivity index (χ0) is 13.5. The van der Waals surface area contributed by atoms with Crippen molar-refractivity contribution in [2.45, 2.75) is 76.3 Å². The lowest BCUT2D eigenvalue weighted by atomic mass is 9.54. The molecular weight excluding hydrogens is 264 g/mol. The fraction of sp³-hybridized carbons (Fsp3) is 0.941. The first-order valence-electron chi connectivity index (χ1n) is 8.85. The second-order valence-corrected chi connectivity index (χ2v) is 8.32. The van der Waals surface area contributed by atoms with Crippen molar-refractivity contribution < 1.29 is 0 Å². The van der Waals surface area contributed by atoms with Gasteiger partial charge >= 0.3 is 0 Å². The molecule has 0 aliphatic heterocycles. The Kier molecular flexibility index (Phi) is 3.66. The molecule has 5 saturated carbocycles. The second kappa shape index (κ2) is 5.47. The molecule has 5 rings (SSSR count). The Balaban J connectivity index is 1.33. The number of nitrogens with one attached hydrogen (secondary N) is 2. The molecule has 5 aliphatic carbocycles. The molecule has 0 amide bonds. The average molecular weight is 292 g/mol. The van der Waals surface area contributed by atoms with Crippen LogP contribution in [0.2, 0.25) is 0 Å². The van der Waals surface area contributed by atoms with Crippen LogP contribution in [-0.2, 0) is 0 Å². The molecule has 0 spiro atoms. The summed E-state index contributed by atoms with van der Waals surface area (Å²) in [6.45, 7) is 0. The highest BCUT2D eigenvalue weighted by molar-refractivity contribution is 7.80. The van der Waals surface area contributed by atoms with Gasteiger partial charge in [0.25, 0.3) is 0 Å². The quantitative estimate of drug-likeness (QED) is 0.760. The molecule has 0 radical (unpaired) electrons. The lowest BCUT2D eigenvalue weighted by Crippen LogP contribution is -2.58. The molecule has 0 aromatic carbocycles. The molecule has 0 aromatic heterocycles. The predicted octanol–water partition coefficient (Wildman–Crippen LogP) is 3.61. The van der Waals surface area contributed by atoms with E-state index in [4.69, 9.17) is 12.2 Å². The Morgan fingerprint density at radius 1 is 0.750 bits per heavy atom. The van der Waals surface area contributed by atoms with Crippen molar-refractivity contribution >= 4 is 17.3 Å². The SMILES string of the molecule is S=C(NC1CCCCC1)NC1C2CC3CC(C2)CC1C3. The van der Waals surface area contributed by atoms with E-state index >= 15 is 0 Å². The minimum atomic E-state index is 0.639. The molecule has 2 nitrogen and oxygen atoms in total. The summed E-state index contributed by atoms with van der Waals surface area (Å²) in [5, 5.41) is 8.28. The van der Waals surface area contributed by atoms with Crippen LogP contribution in [0.25, 0.3) is 0 Å². The van der Waals surface area contributed by atoms with Crippen LogP contribution >= 0.6 is 12.2 Å². The van der Waals surface area contributed by atoms with Crippen LogP contribution in [0.3, 0.4) is 0 Å². The minimum Gasteiger partial charge on any atom is -0.360 e. The highest BCUT2D eigenvalue weighted by atomic mass is 32.1. The van der Waals surface area contributed by atoms with E-state index in [9.17, 15) is 0 Å². The fourth-order valence-electron chi connectivity index (χ4n) is 5.79. The molecule has 5 fully saturated rings. The summed E-state index contributed by atoms with van der Waals surface area (Å²) in [7, 11) is 0. The molecule has 0 heterocycles. The summed E-state index contributed by atoms with van der Waals surface area (Å²) in [4.78, 5) is 0. The third-order valence-corrected chi connectivity index (χ3v) is 6.70. The Labute approximate surface area is 128 Å². The predicted molar refractivity (Wildman–Crippen MR) is 86.6 cm³/mol. The van der Waals surface area contributed by atoms with E-state index < -0.39 is 0 Å². The standard InChI is InChI=1S/C17H28N2S/c20-17(18-15-4-2-1-3-5-15)19-16-13-7-11-6-12(9-13)10-14(16)8-11/h11-16H,1-10H2,(H2,18,19,20). The summed E-state index contributed by atoms with van der Waals surface area (Å²) in [6.07, 6.45) is 14.2. The van der Waals surface area contributed by atoms with E-state index in [-0.39, 0.29) is 0 Å². The summed E-state index contributed by atoms with van der Waals surface area (Å²) in [5.74, 6) is 3.93. The third kappa shape index (κ3) is 2.58. The van der Waals surface area contributed by atoms with Crippen molar-refractivity contribution in [3.63, 3.8) is 0 Å². The van der Waals surface area contributed by atoms with Crippen LogP contribution < -0.4 is 10.6 Å². The van der Waals surface area contributed by atoms with Crippen molar-refractivity contribution in [3.8, 4) is 0 Å². The van der Waals surface area contributed by atoms with Gasteiger partial charge in [0.2, 0.25) is 0 Å². The highest BCUT2D eigenvalue weighted by Gasteiger charge is 2.48. The van der Waals surface area contributed by atoms with E-state index in [0.29, 0.717) is 12.1 Å². The lowest BCUT2D eigenvalue weighted by Gasteiger charge is -2.54. The number of rotatable bonds is 2. The maximum absolute atomic E-state index is 5.61. The maximum atomic E-state index is 5.61. The van der Waals surface area contributed by atoms with E-state index in [1.54, 1.807) is 0 Å². The zero-order valence-electron chi connectivity index (χ0n) is 12.4. The third-order valence-electron chi connectivity index (χ3n) is 6.46. The van der Waals surface area contributed by atoms with E-state index in [1.807, 2.05) is 0 Å². The number of thiocarbonyl (C=S) groups is 1. The van der Waals surface area contributed by atoms with Crippen molar-refractivity contribution in [2.24, 2.45) is 23.7 Å². The summed E-state index contributed by atoms with van der Waals surface area (Å²) < 4.78 is 0. The van der Waals surface area contributed by atoms with Crippen molar-refractivity contribution in [1.29, 1.82) is 0 Å². The molecule has 2 N–H and O–H groups in total. The van der Waals surface area contributed by atoms with Gasteiger partial charge < -0.3 is 10.6 Å². The normalized spacial score (nSPS) is 43.5. The Morgan fingerprint density at radius 3 is 1.95 bits per heavy atom. The summed E-state index contributed by atoms with van der Waals surface area (Å²) in [6, 6.07) is 1.33. The topological polar surface area (TPSA) is 24.1 Å². The Hall–Kier alpha value is -0.310. The molecule has 0 unspecified atom stereocenters. The second-order valence-electron chi connectivity index (χ2n) is 7.91. The first-order valence-corrected chi connectivity index (χ1v) is 9.26. The Morgan fingerprint density at radius 2 is 1.35 bits per heavy atom. The van der Waals surface area contributed by atoms with Crippen LogP contribution in [-0.4, -0.2) is 17.2 Å². The number of hydrogen-bond donors (Lipinski definition) is 2. The zero-order valence-corrected chi connectivity index (χ0v) is 13.3. The van der Waals surface area contributed by atoms with Gasteiger partial charge in [-0.1, -0.05) is 19.3 Å². The molecule has 0 aromatic rings. The molecule has 112 valence electrons. The van der Waals surface area contributed by atoms with Gasteiger partial charge in [-0.3, -0.25) is 0 Å². The van der Waals surface area contributed by atoms with Crippen molar-refractivity contribution in [1.82, 2.24) is 10.6 Å². The van der Waals surface area contributed by atoms with Gasteiger partial charge in [0.15, 0.2) is 5.11 Å². The van der Waals surface area contributed by atoms with Crippen LogP contribution in [0.4, 0.5) is 0 Å². The smallest absolute Gasteiger partial charge is 0.166 e. The largest absolute Gasteiger partial charge is 0.360 e. The molecular formula is C17H28N2S. The first-order chi connectivity index (χ1) is 9.78. The average Bonchev–Trinajstić information content (AvgIpc) is 2.43. The van der Waals surface area contributed by atoms with Gasteiger partial charge in [-0.25, -0.2) is 0 Å². The molecule has 3 heteroatoms. The minimum absolute atomic E-state index is 0.639. The van der Waals surface area contributed by atoms with Gasteiger partial charge in [-0.15, -0.1) is 0 Å². The maximum Gasteiger partial charge on any atom is 0.166 e. The first kappa shape index (κ1) is 13.4. The van der Waals surface area contributed by atoms with Crippen LogP contribution in [0.5, 0.6) is 0 Å².